The summed E-state index contributed by atoms with van der Waals surface area (Å²) in [6.45, 7) is 3.68. The van der Waals surface area contributed by atoms with Gasteiger partial charge in [0.25, 0.3) is 0 Å². The van der Waals surface area contributed by atoms with Crippen molar-refractivity contribution in [3.8, 4) is 0 Å². The molecule has 0 saturated carbocycles. The molecule has 1 N–H and O–H groups in total. The van der Waals surface area contributed by atoms with E-state index in [4.69, 9.17) is 0 Å². The first-order chi connectivity index (χ1) is 9.06. The van der Waals surface area contributed by atoms with Crippen LogP contribution in [0.3, 0.4) is 0 Å². The number of nitrogens with zero attached hydrogens (tertiary/aromatic N) is 2. The number of rotatable bonds is 4. The Morgan fingerprint density at radius 1 is 1.53 bits per heavy atom. The van der Waals surface area contributed by atoms with Gasteiger partial charge in [0.2, 0.25) is 5.91 Å². The van der Waals surface area contributed by atoms with Gasteiger partial charge in [-0.05, 0) is 43.7 Å². The third kappa shape index (κ3) is 3.40. The highest BCUT2D eigenvalue weighted by molar-refractivity contribution is 5.91. The van der Waals surface area contributed by atoms with E-state index in [2.05, 4.69) is 10.4 Å². The average Bonchev–Trinajstić information content (AvgIpc) is 2.86. The quantitative estimate of drug-likeness (QED) is 0.919. The van der Waals surface area contributed by atoms with Gasteiger partial charge in [-0.15, -0.1) is 0 Å². The molecule has 5 heteroatoms. The fourth-order valence-electron chi connectivity index (χ4n) is 1.87. The zero-order chi connectivity index (χ0) is 13.8. The Labute approximate surface area is 111 Å². The molecule has 0 radical (unpaired) electrons. The zero-order valence-electron chi connectivity index (χ0n) is 10.9. The van der Waals surface area contributed by atoms with E-state index in [1.54, 1.807) is 23.9 Å². The second kappa shape index (κ2) is 5.65. The number of aromatic nitrogens is 2. The topological polar surface area (TPSA) is 46.9 Å². The molecule has 0 aliphatic heterocycles. The highest BCUT2D eigenvalue weighted by Crippen LogP contribution is 2.17. The number of halogens is 1. The molecule has 1 heterocycles. The van der Waals surface area contributed by atoms with E-state index < -0.39 is 0 Å². The van der Waals surface area contributed by atoms with Crippen molar-refractivity contribution in [1.29, 1.82) is 0 Å². The molecule has 19 heavy (non-hydrogen) atoms. The lowest BCUT2D eigenvalue weighted by molar-refractivity contribution is -0.116. The predicted molar refractivity (Wildman–Crippen MR) is 71.3 cm³/mol. The van der Waals surface area contributed by atoms with Crippen LogP contribution in [0, 0.1) is 12.7 Å². The third-order valence-corrected chi connectivity index (χ3v) is 2.92. The minimum Gasteiger partial charge on any atom is -0.326 e. The monoisotopic (exact) mass is 261 g/mol. The number of nitrogens with one attached hydrogen (secondary N) is 1. The number of benzene rings is 1. The van der Waals surface area contributed by atoms with Crippen LogP contribution in [0.25, 0.3) is 0 Å². The number of aryl methyl sites for hydroxylation is 1. The van der Waals surface area contributed by atoms with E-state index in [9.17, 15) is 9.18 Å². The first-order valence-electron chi connectivity index (χ1n) is 6.11. The van der Waals surface area contributed by atoms with Crippen LogP contribution < -0.4 is 5.32 Å². The normalized spacial score (nSPS) is 12.2. The van der Waals surface area contributed by atoms with Gasteiger partial charge in [0, 0.05) is 24.5 Å². The van der Waals surface area contributed by atoms with Gasteiger partial charge in [0.05, 0.1) is 6.04 Å². The Bertz CT molecular complexity index is 566. The first kappa shape index (κ1) is 13.3. The molecule has 4 nitrogen and oxygen atoms in total. The molecule has 2 aromatic rings. The Balaban J connectivity index is 1.98. The molecule has 1 atom stereocenters. The fourth-order valence-corrected chi connectivity index (χ4v) is 1.87. The summed E-state index contributed by atoms with van der Waals surface area (Å²) in [6, 6.07) is 6.10. The molecular weight excluding hydrogens is 245 g/mol. The van der Waals surface area contributed by atoms with Crippen molar-refractivity contribution in [1.82, 2.24) is 9.78 Å². The smallest absolute Gasteiger partial charge is 0.226 e. The van der Waals surface area contributed by atoms with Crippen molar-refractivity contribution in [2.75, 3.05) is 5.32 Å². The minimum atomic E-state index is -0.305. The van der Waals surface area contributed by atoms with Crippen LogP contribution in [-0.4, -0.2) is 15.7 Å². The zero-order valence-corrected chi connectivity index (χ0v) is 10.9. The minimum absolute atomic E-state index is 0.0178. The maximum absolute atomic E-state index is 13.0. The van der Waals surface area contributed by atoms with E-state index in [1.807, 2.05) is 19.2 Å². The number of hydrogen-bond acceptors (Lipinski definition) is 2. The first-order valence-corrected chi connectivity index (χ1v) is 6.11. The number of amides is 1. The molecule has 1 amide bonds. The van der Waals surface area contributed by atoms with Crippen molar-refractivity contribution in [2.24, 2.45) is 0 Å². The highest BCUT2D eigenvalue weighted by Gasteiger charge is 2.12. The fraction of sp³-hybridized carbons (Fsp3) is 0.286. The summed E-state index contributed by atoms with van der Waals surface area (Å²) >= 11 is 0. The molecule has 1 aromatic carbocycles. The highest BCUT2D eigenvalue weighted by atomic mass is 19.1. The molecule has 100 valence electrons. The second-order valence-corrected chi connectivity index (χ2v) is 4.55. The van der Waals surface area contributed by atoms with Crippen molar-refractivity contribution < 1.29 is 9.18 Å². The maximum Gasteiger partial charge on any atom is 0.226 e. The van der Waals surface area contributed by atoms with Crippen LogP contribution in [0.2, 0.25) is 0 Å². The molecule has 0 bridgehead atoms. The van der Waals surface area contributed by atoms with Gasteiger partial charge in [-0.3, -0.25) is 9.48 Å². The lowest BCUT2D eigenvalue weighted by Crippen LogP contribution is -2.18. The van der Waals surface area contributed by atoms with E-state index in [1.165, 1.54) is 12.1 Å². The van der Waals surface area contributed by atoms with Crippen LogP contribution in [0.4, 0.5) is 10.1 Å². The van der Waals surface area contributed by atoms with Gasteiger partial charge < -0.3 is 5.32 Å². The van der Waals surface area contributed by atoms with E-state index in [0.29, 0.717) is 17.7 Å². The largest absolute Gasteiger partial charge is 0.326 e. The van der Waals surface area contributed by atoms with Crippen molar-refractivity contribution in [3.63, 3.8) is 0 Å². The Hall–Kier alpha value is -2.17. The van der Waals surface area contributed by atoms with Crippen molar-refractivity contribution >= 4 is 11.6 Å². The molecule has 0 spiro atoms. The van der Waals surface area contributed by atoms with Gasteiger partial charge >= 0.3 is 0 Å². The van der Waals surface area contributed by atoms with E-state index >= 15 is 0 Å². The average molecular weight is 261 g/mol. The maximum atomic E-state index is 13.0. The summed E-state index contributed by atoms with van der Waals surface area (Å²) in [5, 5.41) is 6.88. The Morgan fingerprint density at radius 2 is 2.32 bits per heavy atom. The standard InChI is InChI=1S/C14H16FN3O/c1-10-8-12(15)4-5-13(10)17-14(19)9-11(2)18-7-3-6-16-18/h3-8,11H,9H2,1-2H3,(H,17,19)/t11-/m0/s1. The summed E-state index contributed by atoms with van der Waals surface area (Å²) in [5.74, 6) is -0.418. The molecule has 0 saturated heterocycles. The predicted octanol–water partition coefficient (Wildman–Crippen LogP) is 2.92. The van der Waals surface area contributed by atoms with E-state index in [0.717, 1.165) is 0 Å². The van der Waals surface area contributed by atoms with Gasteiger partial charge in [-0.2, -0.15) is 5.10 Å². The molecule has 0 fully saturated rings. The lowest BCUT2D eigenvalue weighted by atomic mass is 10.1. The Kier molecular flexibility index (Phi) is 3.94. The number of carbonyl (C=O) groups excluding carboxylic acids is 1. The van der Waals surface area contributed by atoms with Crippen LogP contribution in [-0.2, 0) is 4.79 Å². The molecule has 0 aliphatic rings. The molecular formula is C14H16FN3O. The van der Waals surface area contributed by atoms with Crippen LogP contribution in [0.15, 0.2) is 36.7 Å². The van der Waals surface area contributed by atoms with Crippen LogP contribution in [0.5, 0.6) is 0 Å². The summed E-state index contributed by atoms with van der Waals surface area (Å²) in [5.41, 5.74) is 1.35. The number of anilines is 1. The van der Waals surface area contributed by atoms with Gasteiger partial charge in [-0.25, -0.2) is 4.39 Å². The number of hydrogen-bond donors (Lipinski definition) is 1. The van der Waals surface area contributed by atoms with Gasteiger partial charge in [0.15, 0.2) is 0 Å². The molecule has 0 aliphatic carbocycles. The lowest BCUT2D eigenvalue weighted by Gasteiger charge is -2.13. The third-order valence-electron chi connectivity index (χ3n) is 2.92. The molecule has 1 aromatic heterocycles. The van der Waals surface area contributed by atoms with Crippen molar-refractivity contribution in [3.05, 3.63) is 48.0 Å². The molecule has 2 rings (SSSR count). The van der Waals surface area contributed by atoms with Crippen molar-refractivity contribution in [2.45, 2.75) is 26.3 Å². The second-order valence-electron chi connectivity index (χ2n) is 4.55. The van der Waals surface area contributed by atoms with Crippen LogP contribution >= 0.6 is 0 Å². The summed E-state index contributed by atoms with van der Waals surface area (Å²) in [7, 11) is 0. The summed E-state index contributed by atoms with van der Waals surface area (Å²) in [4.78, 5) is 11.9. The van der Waals surface area contributed by atoms with Crippen LogP contribution in [0.1, 0.15) is 24.9 Å². The summed E-state index contributed by atoms with van der Waals surface area (Å²) in [6.07, 6.45) is 3.82. The van der Waals surface area contributed by atoms with E-state index in [-0.39, 0.29) is 17.8 Å². The van der Waals surface area contributed by atoms with Gasteiger partial charge in [-0.1, -0.05) is 0 Å². The number of carbonyl (C=O) groups is 1. The molecule has 0 unspecified atom stereocenters. The Morgan fingerprint density at radius 3 is 2.95 bits per heavy atom. The summed E-state index contributed by atoms with van der Waals surface area (Å²) < 4.78 is 14.7. The SMILES string of the molecule is Cc1cc(F)ccc1NC(=O)C[C@H](C)n1cccn1. The van der Waals surface area contributed by atoms with Gasteiger partial charge in [0.1, 0.15) is 5.82 Å².